The molecular formula is C12H18N4OS. The van der Waals surface area contributed by atoms with Gasteiger partial charge >= 0.3 is 0 Å². The van der Waals surface area contributed by atoms with E-state index in [2.05, 4.69) is 15.6 Å². The van der Waals surface area contributed by atoms with E-state index in [4.69, 9.17) is 18.0 Å². The minimum atomic E-state index is -0.0785. The van der Waals surface area contributed by atoms with Gasteiger partial charge in [-0.1, -0.05) is 12.2 Å². The Labute approximate surface area is 112 Å². The minimum Gasteiger partial charge on any atom is -0.389 e. The zero-order valence-corrected chi connectivity index (χ0v) is 11.6. The maximum atomic E-state index is 11.5. The second kappa shape index (κ2) is 6.30. The van der Waals surface area contributed by atoms with Gasteiger partial charge in [0.2, 0.25) is 5.91 Å². The highest BCUT2D eigenvalue weighted by molar-refractivity contribution is 7.80. The van der Waals surface area contributed by atoms with Gasteiger partial charge in [-0.05, 0) is 32.9 Å². The molecule has 6 heteroatoms. The molecule has 98 valence electrons. The van der Waals surface area contributed by atoms with Crippen molar-refractivity contribution in [1.29, 1.82) is 0 Å². The van der Waals surface area contributed by atoms with Gasteiger partial charge in [0.1, 0.15) is 10.8 Å². The minimum absolute atomic E-state index is 0.0785. The van der Waals surface area contributed by atoms with E-state index in [1.807, 2.05) is 26.8 Å². The van der Waals surface area contributed by atoms with Crippen LogP contribution in [0.25, 0.3) is 0 Å². The molecule has 0 radical (unpaired) electrons. The highest BCUT2D eigenvalue weighted by Gasteiger charge is 2.05. The van der Waals surface area contributed by atoms with Gasteiger partial charge in [-0.2, -0.15) is 0 Å². The van der Waals surface area contributed by atoms with Crippen LogP contribution in [0.1, 0.15) is 25.1 Å². The summed E-state index contributed by atoms with van der Waals surface area (Å²) in [6, 6.07) is 3.66. The number of carbonyl (C=O) groups is 1. The van der Waals surface area contributed by atoms with Gasteiger partial charge in [0.15, 0.2) is 0 Å². The Morgan fingerprint density at radius 3 is 2.72 bits per heavy atom. The van der Waals surface area contributed by atoms with Gasteiger partial charge in [0, 0.05) is 17.3 Å². The molecule has 1 heterocycles. The molecule has 0 aliphatic heterocycles. The number of nitrogens with two attached hydrogens (primary N) is 1. The van der Waals surface area contributed by atoms with Crippen LogP contribution in [0.4, 0.5) is 5.82 Å². The Hall–Kier alpha value is -1.69. The van der Waals surface area contributed by atoms with Crippen LogP contribution in [0, 0.1) is 6.92 Å². The van der Waals surface area contributed by atoms with E-state index in [-0.39, 0.29) is 18.5 Å². The lowest BCUT2D eigenvalue weighted by atomic mass is 10.2. The molecule has 0 aliphatic rings. The van der Waals surface area contributed by atoms with E-state index in [1.165, 1.54) is 0 Å². The molecule has 0 unspecified atom stereocenters. The SMILES string of the molecule is Cc1cc(C(N)=S)cc(NCC(=O)NC(C)C)n1. The number of amides is 1. The van der Waals surface area contributed by atoms with Gasteiger partial charge in [0.25, 0.3) is 0 Å². The molecule has 0 fully saturated rings. The average molecular weight is 266 g/mol. The van der Waals surface area contributed by atoms with Crippen LogP contribution < -0.4 is 16.4 Å². The number of carbonyl (C=O) groups excluding carboxylic acids is 1. The van der Waals surface area contributed by atoms with E-state index in [1.54, 1.807) is 6.07 Å². The zero-order chi connectivity index (χ0) is 13.7. The summed E-state index contributed by atoms with van der Waals surface area (Å²) in [4.78, 5) is 16.1. The predicted octanol–water partition coefficient (Wildman–Crippen LogP) is 0.961. The van der Waals surface area contributed by atoms with Gasteiger partial charge in [-0.25, -0.2) is 4.98 Å². The van der Waals surface area contributed by atoms with Gasteiger partial charge < -0.3 is 16.4 Å². The Kier molecular flexibility index (Phi) is 5.03. The number of aryl methyl sites for hydroxylation is 1. The quantitative estimate of drug-likeness (QED) is 0.692. The summed E-state index contributed by atoms with van der Waals surface area (Å²) in [5.41, 5.74) is 7.11. The van der Waals surface area contributed by atoms with Crippen LogP contribution >= 0.6 is 12.2 Å². The van der Waals surface area contributed by atoms with Crippen molar-refractivity contribution in [3.8, 4) is 0 Å². The lowest BCUT2D eigenvalue weighted by Gasteiger charge is -2.11. The molecule has 0 bridgehead atoms. The first-order valence-electron chi connectivity index (χ1n) is 5.70. The predicted molar refractivity (Wildman–Crippen MR) is 76.6 cm³/mol. The number of pyridine rings is 1. The van der Waals surface area contributed by atoms with Gasteiger partial charge in [0.05, 0.1) is 6.54 Å². The smallest absolute Gasteiger partial charge is 0.239 e. The van der Waals surface area contributed by atoms with E-state index < -0.39 is 0 Å². The van der Waals surface area contributed by atoms with E-state index in [0.717, 1.165) is 11.3 Å². The average Bonchev–Trinajstić information content (AvgIpc) is 2.24. The van der Waals surface area contributed by atoms with Crippen LogP contribution in [-0.2, 0) is 4.79 Å². The Morgan fingerprint density at radius 2 is 2.17 bits per heavy atom. The Morgan fingerprint density at radius 1 is 1.50 bits per heavy atom. The Bertz CT molecular complexity index is 459. The van der Waals surface area contributed by atoms with Gasteiger partial charge in [-0.3, -0.25) is 4.79 Å². The number of thiocarbonyl (C=S) groups is 1. The molecule has 0 atom stereocenters. The van der Waals surface area contributed by atoms with Crippen LogP contribution in [0.15, 0.2) is 12.1 Å². The fraction of sp³-hybridized carbons (Fsp3) is 0.417. The standard InChI is InChI=1S/C12H18N4OS/c1-7(2)15-11(17)6-14-10-5-9(12(13)18)4-8(3)16-10/h4-5,7H,6H2,1-3H3,(H2,13,18)(H,14,16)(H,15,17). The molecule has 0 aromatic carbocycles. The van der Waals surface area contributed by atoms with Crippen molar-refractivity contribution in [3.05, 3.63) is 23.4 Å². The molecule has 1 rings (SSSR count). The normalized spacial score (nSPS) is 10.2. The number of rotatable bonds is 5. The molecule has 1 amide bonds. The third kappa shape index (κ3) is 4.67. The zero-order valence-electron chi connectivity index (χ0n) is 10.8. The molecule has 0 spiro atoms. The fourth-order valence-corrected chi connectivity index (χ4v) is 1.56. The van der Waals surface area contributed by atoms with Crippen molar-refractivity contribution in [1.82, 2.24) is 10.3 Å². The molecule has 18 heavy (non-hydrogen) atoms. The van der Waals surface area contributed by atoms with E-state index >= 15 is 0 Å². The number of nitrogens with zero attached hydrogens (tertiary/aromatic N) is 1. The summed E-state index contributed by atoms with van der Waals surface area (Å²) >= 11 is 4.92. The highest BCUT2D eigenvalue weighted by atomic mass is 32.1. The molecule has 1 aromatic heterocycles. The molecule has 0 saturated heterocycles. The summed E-state index contributed by atoms with van der Waals surface area (Å²) in [7, 11) is 0. The number of hydrogen-bond donors (Lipinski definition) is 3. The summed E-state index contributed by atoms with van der Waals surface area (Å²) in [6.07, 6.45) is 0. The van der Waals surface area contributed by atoms with E-state index in [9.17, 15) is 4.79 Å². The highest BCUT2D eigenvalue weighted by Crippen LogP contribution is 2.09. The molecular weight excluding hydrogens is 248 g/mol. The lowest BCUT2D eigenvalue weighted by Crippen LogP contribution is -2.35. The van der Waals surface area contributed by atoms with Crippen LogP contribution in [-0.4, -0.2) is 28.5 Å². The Balaban J connectivity index is 2.67. The van der Waals surface area contributed by atoms with Crippen LogP contribution in [0.5, 0.6) is 0 Å². The molecule has 5 nitrogen and oxygen atoms in total. The topological polar surface area (TPSA) is 80.0 Å². The summed E-state index contributed by atoms with van der Waals surface area (Å²) < 4.78 is 0. The molecule has 4 N–H and O–H groups in total. The first-order valence-corrected chi connectivity index (χ1v) is 6.11. The maximum Gasteiger partial charge on any atom is 0.239 e. The maximum absolute atomic E-state index is 11.5. The van der Waals surface area contributed by atoms with Crippen molar-refractivity contribution < 1.29 is 4.79 Å². The van der Waals surface area contributed by atoms with Crippen molar-refractivity contribution in [2.24, 2.45) is 5.73 Å². The van der Waals surface area contributed by atoms with Crippen LogP contribution in [0.2, 0.25) is 0 Å². The van der Waals surface area contributed by atoms with Crippen molar-refractivity contribution in [2.75, 3.05) is 11.9 Å². The lowest BCUT2D eigenvalue weighted by molar-refractivity contribution is -0.119. The first-order chi connectivity index (χ1) is 8.38. The van der Waals surface area contributed by atoms with Crippen molar-refractivity contribution >= 4 is 28.9 Å². The van der Waals surface area contributed by atoms with Crippen molar-refractivity contribution in [3.63, 3.8) is 0 Å². The third-order valence-corrected chi connectivity index (χ3v) is 2.35. The van der Waals surface area contributed by atoms with Gasteiger partial charge in [-0.15, -0.1) is 0 Å². The van der Waals surface area contributed by atoms with Crippen LogP contribution in [0.3, 0.4) is 0 Å². The number of aromatic nitrogens is 1. The number of hydrogen-bond acceptors (Lipinski definition) is 4. The summed E-state index contributed by atoms with van der Waals surface area (Å²) in [5.74, 6) is 0.516. The largest absolute Gasteiger partial charge is 0.389 e. The number of nitrogens with one attached hydrogen (secondary N) is 2. The van der Waals surface area contributed by atoms with E-state index in [0.29, 0.717) is 10.8 Å². The summed E-state index contributed by atoms with van der Waals surface area (Å²) in [6.45, 7) is 5.84. The third-order valence-electron chi connectivity index (χ3n) is 2.12. The molecule has 0 saturated carbocycles. The first kappa shape index (κ1) is 14.4. The number of anilines is 1. The second-order valence-electron chi connectivity index (χ2n) is 4.32. The van der Waals surface area contributed by atoms with Crippen molar-refractivity contribution in [2.45, 2.75) is 26.8 Å². The fourth-order valence-electron chi connectivity index (χ4n) is 1.45. The monoisotopic (exact) mass is 266 g/mol. The molecule has 0 aliphatic carbocycles. The molecule has 1 aromatic rings. The second-order valence-corrected chi connectivity index (χ2v) is 4.76. The summed E-state index contributed by atoms with van der Waals surface area (Å²) in [5, 5.41) is 5.73.